The second-order valence-electron chi connectivity index (χ2n) is 12.3. The van der Waals surface area contributed by atoms with E-state index in [1.807, 2.05) is 4.90 Å². The third-order valence-electron chi connectivity index (χ3n) is 9.13. The maximum atomic E-state index is 16.6. The molecule has 0 radical (unpaired) electrons. The molecule has 3 aliphatic heterocycles. The lowest BCUT2D eigenvalue weighted by molar-refractivity contribution is -0.0503. The first-order chi connectivity index (χ1) is 21.3. The number of aromatic nitrogens is 2. The van der Waals surface area contributed by atoms with Gasteiger partial charge in [-0.3, -0.25) is 4.90 Å². The highest BCUT2D eigenvalue weighted by atomic mass is 19.1. The molecule has 0 aliphatic carbocycles. The van der Waals surface area contributed by atoms with Gasteiger partial charge in [-0.05, 0) is 56.0 Å². The van der Waals surface area contributed by atoms with Crippen molar-refractivity contribution in [3.63, 3.8) is 0 Å². The quantitative estimate of drug-likeness (QED) is 0.271. The van der Waals surface area contributed by atoms with Gasteiger partial charge in [0.1, 0.15) is 17.2 Å². The van der Waals surface area contributed by atoms with Crippen molar-refractivity contribution >= 4 is 27.5 Å². The first-order valence-electron chi connectivity index (χ1n) is 15.4. The summed E-state index contributed by atoms with van der Waals surface area (Å²) in [5.74, 6) is -3.39. The molecule has 232 valence electrons. The summed E-state index contributed by atoms with van der Waals surface area (Å²) in [6, 6.07) is 9.80. The Morgan fingerprint density at radius 2 is 1.75 bits per heavy atom. The van der Waals surface area contributed by atoms with Crippen molar-refractivity contribution < 1.29 is 27.8 Å². The summed E-state index contributed by atoms with van der Waals surface area (Å²) >= 11 is 0. The second-order valence-corrected chi connectivity index (χ2v) is 12.3. The van der Waals surface area contributed by atoms with E-state index >= 15 is 13.2 Å². The van der Waals surface area contributed by atoms with E-state index in [1.54, 1.807) is 24.3 Å². The lowest BCUT2D eigenvalue weighted by atomic mass is 9.95. The molecule has 4 atom stereocenters. The summed E-state index contributed by atoms with van der Waals surface area (Å²) in [4.78, 5) is 13.5. The van der Waals surface area contributed by atoms with Crippen molar-refractivity contribution in [3.05, 3.63) is 53.8 Å². The van der Waals surface area contributed by atoms with Gasteiger partial charge in [-0.2, -0.15) is 9.97 Å². The maximum absolute atomic E-state index is 16.6. The van der Waals surface area contributed by atoms with Gasteiger partial charge < -0.3 is 24.8 Å². The van der Waals surface area contributed by atoms with Gasteiger partial charge in [0, 0.05) is 55.3 Å². The molecule has 0 saturated carbocycles. The molecule has 4 heterocycles. The molecule has 4 unspecified atom stereocenters. The van der Waals surface area contributed by atoms with Gasteiger partial charge in [0.05, 0.1) is 24.9 Å². The number of anilines is 1. The van der Waals surface area contributed by atoms with Crippen LogP contribution < -0.4 is 15.0 Å². The molecule has 44 heavy (non-hydrogen) atoms. The van der Waals surface area contributed by atoms with Gasteiger partial charge in [-0.15, -0.1) is 0 Å². The Hall–Kier alpha value is -3.67. The molecular formula is C33H36F3N5O3. The van der Waals surface area contributed by atoms with Crippen LogP contribution in [-0.4, -0.2) is 83.6 Å². The average Bonchev–Trinajstić information content (AvgIpc) is 3.35. The summed E-state index contributed by atoms with van der Waals surface area (Å²) in [7, 11) is 0. The number of fused-ring (bicyclic) bond motifs is 4. The highest BCUT2D eigenvalue weighted by Crippen LogP contribution is 2.42. The van der Waals surface area contributed by atoms with Crippen LogP contribution in [0.15, 0.2) is 36.4 Å². The summed E-state index contributed by atoms with van der Waals surface area (Å²) in [6.07, 6.45) is 2.90. The average molecular weight is 608 g/mol. The first kappa shape index (κ1) is 29.1. The molecule has 4 aromatic rings. The van der Waals surface area contributed by atoms with E-state index in [1.165, 1.54) is 12.1 Å². The van der Waals surface area contributed by atoms with E-state index in [0.717, 1.165) is 25.9 Å². The molecule has 3 fully saturated rings. The SMILES string of the molecule is CC1CN(CCCOc2nc(N3CC4CCC(C3)N4)c3cc(F)c(-c4c(F)c(O)cc5ccccc45)c(F)c3n2)C(C)CO1. The number of ether oxygens (including phenoxy) is 2. The third-order valence-corrected chi connectivity index (χ3v) is 9.13. The van der Waals surface area contributed by atoms with Crippen LogP contribution in [0.3, 0.4) is 0 Å². The number of aromatic hydroxyl groups is 1. The molecule has 11 heteroatoms. The van der Waals surface area contributed by atoms with E-state index in [2.05, 4.69) is 34.0 Å². The molecule has 2 N–H and O–H groups in total. The summed E-state index contributed by atoms with van der Waals surface area (Å²) in [6.45, 7) is 8.06. The highest BCUT2D eigenvalue weighted by molar-refractivity contribution is 6.01. The number of halogens is 3. The molecule has 0 amide bonds. The fraction of sp³-hybridized carbons (Fsp3) is 0.455. The molecule has 0 spiro atoms. The molecule has 1 aromatic heterocycles. The van der Waals surface area contributed by atoms with Crippen LogP contribution in [0.5, 0.6) is 11.8 Å². The molecule has 8 nitrogen and oxygen atoms in total. The topological polar surface area (TPSA) is 83.0 Å². The van der Waals surface area contributed by atoms with Gasteiger partial charge in [0.25, 0.3) is 0 Å². The van der Waals surface area contributed by atoms with Gasteiger partial charge in [0.2, 0.25) is 0 Å². The minimum Gasteiger partial charge on any atom is -0.505 e. The normalized spacial score (nSPS) is 24.0. The highest BCUT2D eigenvalue weighted by Gasteiger charge is 2.35. The van der Waals surface area contributed by atoms with Crippen LogP contribution in [0, 0.1) is 17.5 Å². The van der Waals surface area contributed by atoms with Crippen molar-refractivity contribution in [1.29, 1.82) is 0 Å². The molecule has 3 aliphatic rings. The summed E-state index contributed by atoms with van der Waals surface area (Å²) < 4.78 is 59.8. The second kappa shape index (κ2) is 11.7. The van der Waals surface area contributed by atoms with Crippen molar-refractivity contribution in [3.8, 4) is 22.9 Å². The van der Waals surface area contributed by atoms with Crippen LogP contribution >= 0.6 is 0 Å². The molecule has 3 saturated heterocycles. The number of phenols is 1. The number of rotatable bonds is 7. The first-order valence-corrected chi connectivity index (χ1v) is 15.4. The summed E-state index contributed by atoms with van der Waals surface area (Å²) in [5, 5.41) is 14.8. The molecular weight excluding hydrogens is 571 g/mol. The number of piperazine rings is 1. The zero-order valence-electron chi connectivity index (χ0n) is 24.8. The Bertz CT molecular complexity index is 1710. The van der Waals surface area contributed by atoms with Crippen LogP contribution in [0.25, 0.3) is 32.8 Å². The number of hydrogen-bond acceptors (Lipinski definition) is 8. The van der Waals surface area contributed by atoms with Crippen LogP contribution in [0.1, 0.15) is 33.1 Å². The number of nitrogens with one attached hydrogen (secondary N) is 1. The zero-order valence-corrected chi connectivity index (χ0v) is 24.8. The minimum atomic E-state index is -1.10. The van der Waals surface area contributed by atoms with E-state index in [4.69, 9.17) is 9.47 Å². The largest absolute Gasteiger partial charge is 0.505 e. The van der Waals surface area contributed by atoms with E-state index in [0.29, 0.717) is 50.0 Å². The maximum Gasteiger partial charge on any atom is 0.319 e. The van der Waals surface area contributed by atoms with Gasteiger partial charge in [-0.1, -0.05) is 24.3 Å². The third kappa shape index (κ3) is 5.31. The van der Waals surface area contributed by atoms with E-state index in [-0.39, 0.29) is 46.1 Å². The Morgan fingerprint density at radius 1 is 0.977 bits per heavy atom. The van der Waals surface area contributed by atoms with Crippen molar-refractivity contribution in [2.75, 3.05) is 44.3 Å². The van der Waals surface area contributed by atoms with Crippen molar-refractivity contribution in [2.24, 2.45) is 0 Å². The van der Waals surface area contributed by atoms with Gasteiger partial charge >= 0.3 is 6.01 Å². The predicted octanol–water partition coefficient (Wildman–Crippen LogP) is 5.39. The Morgan fingerprint density at radius 3 is 2.55 bits per heavy atom. The monoisotopic (exact) mass is 607 g/mol. The van der Waals surface area contributed by atoms with Gasteiger partial charge in [0.15, 0.2) is 17.4 Å². The summed E-state index contributed by atoms with van der Waals surface area (Å²) in [5.41, 5.74) is -1.10. The van der Waals surface area contributed by atoms with Crippen LogP contribution in [0.4, 0.5) is 19.0 Å². The number of phenolic OH excluding ortho intramolecular Hbond substituents is 1. The van der Waals surface area contributed by atoms with E-state index in [9.17, 15) is 5.11 Å². The number of morpholine rings is 1. The fourth-order valence-corrected chi connectivity index (χ4v) is 6.93. The standard InChI is InChI=1S/C33H36F3N5O3/c1-18-17-44-19(2)14-40(18)10-5-11-43-33-38-31-24(32(39-33)41-15-21-8-9-22(16-41)37-21)13-25(34)28(30(31)36)27-23-7-4-3-6-20(23)12-26(42)29(27)35/h3-4,6-7,12-13,18-19,21-22,37,42H,5,8-11,14-17H2,1-2H3. The Balaban J connectivity index is 1.29. The zero-order chi connectivity index (χ0) is 30.5. The Kier molecular flexibility index (Phi) is 7.72. The van der Waals surface area contributed by atoms with Crippen LogP contribution in [0.2, 0.25) is 0 Å². The smallest absolute Gasteiger partial charge is 0.319 e. The molecule has 2 bridgehead atoms. The number of nitrogens with zero attached hydrogens (tertiary/aromatic N) is 4. The van der Waals surface area contributed by atoms with E-state index < -0.39 is 28.8 Å². The van der Waals surface area contributed by atoms with Crippen molar-refractivity contribution in [1.82, 2.24) is 20.2 Å². The minimum absolute atomic E-state index is 0.0144. The fourth-order valence-electron chi connectivity index (χ4n) is 6.93. The molecule has 7 rings (SSSR count). The van der Waals surface area contributed by atoms with Gasteiger partial charge in [-0.25, -0.2) is 13.2 Å². The lowest BCUT2D eigenvalue weighted by Crippen LogP contribution is -2.51. The molecule has 3 aromatic carbocycles. The Labute approximate surface area is 253 Å². The number of hydrogen-bond donors (Lipinski definition) is 2. The predicted molar refractivity (Wildman–Crippen MR) is 163 cm³/mol. The van der Waals surface area contributed by atoms with Crippen LogP contribution in [-0.2, 0) is 4.74 Å². The van der Waals surface area contributed by atoms with Crippen molar-refractivity contribution in [2.45, 2.75) is 57.3 Å². The number of benzene rings is 3. The lowest BCUT2D eigenvalue weighted by Gasteiger charge is -2.36.